The summed E-state index contributed by atoms with van der Waals surface area (Å²) < 4.78 is 5.21. The zero-order valence-electron chi connectivity index (χ0n) is 12.9. The molecule has 0 aliphatic rings. The van der Waals surface area contributed by atoms with E-state index in [9.17, 15) is 4.79 Å². The van der Waals surface area contributed by atoms with Gasteiger partial charge in [-0.2, -0.15) is 0 Å². The van der Waals surface area contributed by atoms with Crippen LogP contribution in [0.4, 0.5) is 5.69 Å². The van der Waals surface area contributed by atoms with E-state index in [4.69, 9.17) is 16.2 Å². The zero-order chi connectivity index (χ0) is 16.1. The summed E-state index contributed by atoms with van der Waals surface area (Å²) in [7, 11) is 0. The number of hydrogen-bond donors (Lipinski definition) is 2. The van der Waals surface area contributed by atoms with Gasteiger partial charge >= 0.3 is 0 Å². The third kappa shape index (κ3) is 7.62. The Morgan fingerprint density at radius 3 is 1.95 bits per heavy atom. The molecule has 4 nitrogen and oxygen atoms in total. The van der Waals surface area contributed by atoms with Crippen molar-refractivity contribution in [1.29, 1.82) is 0 Å². The zero-order valence-corrected chi connectivity index (χ0v) is 12.9. The summed E-state index contributed by atoms with van der Waals surface area (Å²) in [4.78, 5) is 10.4. The summed E-state index contributed by atoms with van der Waals surface area (Å²) in [6, 6.07) is 16.2. The maximum Gasteiger partial charge on any atom is 0.248 e. The van der Waals surface area contributed by atoms with Gasteiger partial charge in [-0.3, -0.25) is 4.79 Å². The Hall–Kier alpha value is -2.49. The van der Waals surface area contributed by atoms with Gasteiger partial charge in [0.1, 0.15) is 5.75 Å². The first-order valence-electron chi connectivity index (χ1n) is 6.97. The Labute approximate surface area is 126 Å². The molecular weight excluding hydrogens is 264 g/mol. The number of ether oxygens (including phenoxy) is 1. The SMILES string of the molecule is CC.CCOc1ccccc1N.NC(=O)c1ccccc1. The van der Waals surface area contributed by atoms with Gasteiger partial charge in [0, 0.05) is 5.56 Å². The molecule has 2 rings (SSSR count). The highest BCUT2D eigenvalue weighted by atomic mass is 16.5. The Bertz CT molecular complexity index is 513. The molecular formula is C17H24N2O2. The van der Waals surface area contributed by atoms with Crippen LogP contribution in [0.5, 0.6) is 5.75 Å². The van der Waals surface area contributed by atoms with E-state index in [1.165, 1.54) is 0 Å². The van der Waals surface area contributed by atoms with Crippen LogP contribution < -0.4 is 16.2 Å². The largest absolute Gasteiger partial charge is 0.492 e. The molecule has 0 saturated carbocycles. The minimum absolute atomic E-state index is 0.379. The smallest absolute Gasteiger partial charge is 0.248 e. The van der Waals surface area contributed by atoms with Crippen LogP contribution in [0, 0.1) is 0 Å². The second-order valence-electron chi connectivity index (χ2n) is 3.70. The molecule has 114 valence electrons. The minimum atomic E-state index is -0.379. The summed E-state index contributed by atoms with van der Waals surface area (Å²) in [6.45, 7) is 6.60. The topological polar surface area (TPSA) is 78.3 Å². The molecule has 0 heterocycles. The highest BCUT2D eigenvalue weighted by Crippen LogP contribution is 2.18. The Balaban J connectivity index is 0.000000342. The lowest BCUT2D eigenvalue weighted by molar-refractivity contribution is 0.100. The third-order valence-electron chi connectivity index (χ3n) is 2.28. The molecule has 0 aromatic heterocycles. The van der Waals surface area contributed by atoms with Crippen molar-refractivity contribution in [2.24, 2.45) is 5.73 Å². The first-order valence-corrected chi connectivity index (χ1v) is 6.97. The van der Waals surface area contributed by atoms with E-state index in [-0.39, 0.29) is 5.91 Å². The maximum absolute atomic E-state index is 10.4. The van der Waals surface area contributed by atoms with E-state index in [0.29, 0.717) is 17.9 Å². The average molecular weight is 288 g/mol. The second kappa shape index (κ2) is 11.3. The van der Waals surface area contributed by atoms with E-state index in [1.807, 2.05) is 51.1 Å². The molecule has 4 N–H and O–H groups in total. The van der Waals surface area contributed by atoms with E-state index in [1.54, 1.807) is 24.3 Å². The van der Waals surface area contributed by atoms with E-state index >= 15 is 0 Å². The predicted molar refractivity (Wildman–Crippen MR) is 88.3 cm³/mol. The van der Waals surface area contributed by atoms with Crippen LogP contribution in [0.3, 0.4) is 0 Å². The van der Waals surface area contributed by atoms with Gasteiger partial charge in [-0.15, -0.1) is 0 Å². The Kier molecular flexibility index (Phi) is 10.0. The van der Waals surface area contributed by atoms with E-state index in [0.717, 1.165) is 5.75 Å². The van der Waals surface area contributed by atoms with Gasteiger partial charge in [0.05, 0.1) is 12.3 Å². The van der Waals surface area contributed by atoms with Crippen LogP contribution >= 0.6 is 0 Å². The number of amides is 1. The number of para-hydroxylation sites is 2. The number of nitrogens with two attached hydrogens (primary N) is 2. The van der Waals surface area contributed by atoms with Crippen molar-refractivity contribution in [3.05, 3.63) is 60.2 Å². The summed E-state index contributed by atoms with van der Waals surface area (Å²) in [5, 5.41) is 0. The standard InChI is InChI=1S/C8H11NO.C7H7NO.C2H6/c1-2-10-8-6-4-3-5-7(8)9;8-7(9)6-4-2-1-3-5-6;1-2/h3-6H,2,9H2,1H3;1-5H,(H2,8,9);1-2H3. The molecule has 0 bridgehead atoms. The molecule has 0 aliphatic carbocycles. The lowest BCUT2D eigenvalue weighted by Gasteiger charge is -2.04. The van der Waals surface area contributed by atoms with Crippen molar-refractivity contribution in [3.8, 4) is 5.75 Å². The molecule has 0 aliphatic heterocycles. The molecule has 0 fully saturated rings. The van der Waals surface area contributed by atoms with Crippen LogP contribution in [-0.2, 0) is 0 Å². The van der Waals surface area contributed by atoms with Crippen molar-refractivity contribution in [2.75, 3.05) is 12.3 Å². The number of carbonyl (C=O) groups is 1. The molecule has 0 unspecified atom stereocenters. The van der Waals surface area contributed by atoms with Crippen LogP contribution in [0.2, 0.25) is 0 Å². The van der Waals surface area contributed by atoms with Crippen molar-refractivity contribution in [2.45, 2.75) is 20.8 Å². The molecule has 0 saturated heterocycles. The van der Waals surface area contributed by atoms with Crippen molar-refractivity contribution in [3.63, 3.8) is 0 Å². The second-order valence-corrected chi connectivity index (χ2v) is 3.70. The van der Waals surface area contributed by atoms with Crippen LogP contribution in [0.15, 0.2) is 54.6 Å². The normalized spacial score (nSPS) is 8.52. The number of carbonyl (C=O) groups excluding carboxylic acids is 1. The molecule has 2 aromatic carbocycles. The number of hydrogen-bond acceptors (Lipinski definition) is 3. The Morgan fingerprint density at radius 2 is 1.52 bits per heavy atom. The lowest BCUT2D eigenvalue weighted by atomic mass is 10.2. The number of rotatable bonds is 3. The first kappa shape index (κ1) is 18.5. The molecule has 1 amide bonds. The summed E-state index contributed by atoms with van der Waals surface area (Å²) in [6.07, 6.45) is 0. The molecule has 0 radical (unpaired) electrons. The molecule has 2 aromatic rings. The minimum Gasteiger partial charge on any atom is -0.492 e. The third-order valence-corrected chi connectivity index (χ3v) is 2.28. The van der Waals surface area contributed by atoms with Gasteiger partial charge in [-0.05, 0) is 31.2 Å². The van der Waals surface area contributed by atoms with Gasteiger partial charge < -0.3 is 16.2 Å². The number of benzene rings is 2. The fraction of sp³-hybridized carbons (Fsp3) is 0.235. The fourth-order valence-corrected chi connectivity index (χ4v) is 1.37. The number of primary amides is 1. The highest BCUT2D eigenvalue weighted by molar-refractivity contribution is 5.92. The highest BCUT2D eigenvalue weighted by Gasteiger charge is 1.94. The number of anilines is 1. The summed E-state index contributed by atoms with van der Waals surface area (Å²) in [5.74, 6) is 0.389. The first-order chi connectivity index (χ1) is 10.1. The van der Waals surface area contributed by atoms with Crippen molar-refractivity contribution < 1.29 is 9.53 Å². The van der Waals surface area contributed by atoms with Gasteiger partial charge in [0.15, 0.2) is 0 Å². The molecule has 21 heavy (non-hydrogen) atoms. The fourth-order valence-electron chi connectivity index (χ4n) is 1.37. The van der Waals surface area contributed by atoms with E-state index < -0.39 is 0 Å². The molecule has 0 atom stereocenters. The summed E-state index contributed by atoms with van der Waals surface area (Å²) >= 11 is 0. The monoisotopic (exact) mass is 288 g/mol. The van der Waals surface area contributed by atoms with Crippen LogP contribution in [0.25, 0.3) is 0 Å². The average Bonchev–Trinajstić information content (AvgIpc) is 2.53. The van der Waals surface area contributed by atoms with Crippen molar-refractivity contribution in [1.82, 2.24) is 0 Å². The van der Waals surface area contributed by atoms with Crippen LogP contribution in [0.1, 0.15) is 31.1 Å². The van der Waals surface area contributed by atoms with Gasteiger partial charge in [-0.1, -0.05) is 44.2 Å². The lowest BCUT2D eigenvalue weighted by Crippen LogP contribution is -2.09. The van der Waals surface area contributed by atoms with Crippen molar-refractivity contribution >= 4 is 11.6 Å². The van der Waals surface area contributed by atoms with Gasteiger partial charge in [-0.25, -0.2) is 0 Å². The summed E-state index contributed by atoms with van der Waals surface area (Å²) in [5.41, 5.74) is 11.8. The molecule has 0 spiro atoms. The van der Waals surface area contributed by atoms with Gasteiger partial charge in [0.2, 0.25) is 5.91 Å². The quantitative estimate of drug-likeness (QED) is 0.849. The molecule has 4 heteroatoms. The number of nitrogen functional groups attached to an aromatic ring is 1. The predicted octanol–water partition coefficient (Wildman–Crippen LogP) is 3.48. The van der Waals surface area contributed by atoms with Crippen LogP contribution in [-0.4, -0.2) is 12.5 Å². The maximum atomic E-state index is 10.4. The van der Waals surface area contributed by atoms with Gasteiger partial charge in [0.25, 0.3) is 0 Å². The van der Waals surface area contributed by atoms with E-state index in [2.05, 4.69) is 0 Å². The Morgan fingerprint density at radius 1 is 1.00 bits per heavy atom.